The van der Waals surface area contributed by atoms with E-state index in [1.54, 1.807) is 5.38 Å². The predicted octanol–water partition coefficient (Wildman–Crippen LogP) is 2.45. The first-order valence-electron chi connectivity index (χ1n) is 5.18. The number of nitrogens with one attached hydrogen (secondary N) is 1. The second-order valence-corrected chi connectivity index (χ2v) is 5.69. The van der Waals surface area contributed by atoms with E-state index in [0.717, 1.165) is 23.0 Å². The van der Waals surface area contributed by atoms with Gasteiger partial charge in [-0.15, -0.1) is 16.4 Å². The van der Waals surface area contributed by atoms with Crippen LogP contribution in [0, 0.1) is 5.92 Å². The van der Waals surface area contributed by atoms with Gasteiger partial charge in [0.15, 0.2) is 0 Å². The van der Waals surface area contributed by atoms with Crippen LogP contribution in [0.15, 0.2) is 11.6 Å². The quantitative estimate of drug-likeness (QED) is 0.924. The highest BCUT2D eigenvalue weighted by Crippen LogP contribution is 2.16. The van der Waals surface area contributed by atoms with Crippen LogP contribution in [-0.4, -0.2) is 20.5 Å². The monoisotopic (exact) mass is 268 g/mol. The molecule has 0 atom stereocenters. The van der Waals surface area contributed by atoms with E-state index in [-0.39, 0.29) is 5.91 Å². The van der Waals surface area contributed by atoms with Gasteiger partial charge in [0.2, 0.25) is 0 Å². The SMILES string of the molecule is CC(C)Cc1nc(C(=O)Nc2cnns2)cs1. The van der Waals surface area contributed by atoms with E-state index in [1.807, 2.05) is 0 Å². The van der Waals surface area contributed by atoms with Crippen LogP contribution in [-0.2, 0) is 6.42 Å². The molecule has 2 rings (SSSR count). The number of nitrogens with zero attached hydrogens (tertiary/aromatic N) is 3. The van der Waals surface area contributed by atoms with Crippen molar-refractivity contribution in [3.8, 4) is 0 Å². The van der Waals surface area contributed by atoms with Crippen LogP contribution >= 0.6 is 22.9 Å². The van der Waals surface area contributed by atoms with Gasteiger partial charge in [-0.25, -0.2) is 4.98 Å². The molecule has 17 heavy (non-hydrogen) atoms. The summed E-state index contributed by atoms with van der Waals surface area (Å²) in [6, 6.07) is 0. The lowest BCUT2D eigenvalue weighted by Crippen LogP contribution is -2.11. The zero-order valence-electron chi connectivity index (χ0n) is 9.51. The fourth-order valence-electron chi connectivity index (χ4n) is 1.26. The molecular formula is C10H12N4OS2. The van der Waals surface area contributed by atoms with Crippen LogP contribution in [0.1, 0.15) is 29.3 Å². The van der Waals surface area contributed by atoms with Gasteiger partial charge in [-0.1, -0.05) is 18.3 Å². The van der Waals surface area contributed by atoms with Gasteiger partial charge in [0.05, 0.1) is 11.2 Å². The molecule has 1 N–H and O–H groups in total. The molecule has 0 aromatic carbocycles. The average Bonchev–Trinajstić information content (AvgIpc) is 2.87. The number of carbonyl (C=O) groups is 1. The lowest BCUT2D eigenvalue weighted by molar-refractivity contribution is 0.102. The third-order valence-corrected chi connectivity index (χ3v) is 3.42. The van der Waals surface area contributed by atoms with E-state index in [1.165, 1.54) is 17.5 Å². The van der Waals surface area contributed by atoms with Crippen molar-refractivity contribution >= 4 is 33.8 Å². The molecule has 90 valence electrons. The van der Waals surface area contributed by atoms with Crippen LogP contribution in [0.25, 0.3) is 0 Å². The summed E-state index contributed by atoms with van der Waals surface area (Å²) in [7, 11) is 0. The molecule has 7 heteroatoms. The summed E-state index contributed by atoms with van der Waals surface area (Å²) < 4.78 is 3.67. The molecule has 5 nitrogen and oxygen atoms in total. The summed E-state index contributed by atoms with van der Waals surface area (Å²) in [4.78, 5) is 16.1. The van der Waals surface area contributed by atoms with E-state index < -0.39 is 0 Å². The minimum absolute atomic E-state index is 0.206. The van der Waals surface area contributed by atoms with E-state index in [4.69, 9.17) is 0 Å². The maximum Gasteiger partial charge on any atom is 0.275 e. The number of hydrogen-bond acceptors (Lipinski definition) is 6. The second kappa shape index (κ2) is 5.33. The van der Waals surface area contributed by atoms with E-state index in [2.05, 4.69) is 33.7 Å². The number of anilines is 1. The molecule has 0 saturated carbocycles. The lowest BCUT2D eigenvalue weighted by Gasteiger charge is -1.99. The molecule has 0 aliphatic heterocycles. The maximum absolute atomic E-state index is 11.8. The Bertz CT molecular complexity index is 492. The van der Waals surface area contributed by atoms with Gasteiger partial charge in [-0.2, -0.15) is 0 Å². The number of amides is 1. The first-order chi connectivity index (χ1) is 8.15. The van der Waals surface area contributed by atoms with Crippen molar-refractivity contribution < 1.29 is 4.79 Å². The Morgan fingerprint density at radius 2 is 2.35 bits per heavy atom. The molecular weight excluding hydrogens is 256 g/mol. The number of aromatic nitrogens is 3. The fourth-order valence-corrected chi connectivity index (χ4v) is 2.66. The molecule has 2 aromatic heterocycles. The van der Waals surface area contributed by atoms with Crippen LogP contribution < -0.4 is 5.32 Å². The van der Waals surface area contributed by atoms with Crippen molar-refractivity contribution in [2.24, 2.45) is 5.92 Å². The number of carbonyl (C=O) groups excluding carboxylic acids is 1. The Morgan fingerprint density at radius 1 is 1.53 bits per heavy atom. The number of rotatable bonds is 4. The molecule has 0 unspecified atom stereocenters. The molecule has 2 aromatic rings. The van der Waals surface area contributed by atoms with Crippen molar-refractivity contribution in [3.05, 3.63) is 22.3 Å². The Labute approximate surface area is 107 Å². The Hall–Kier alpha value is -1.34. The highest BCUT2D eigenvalue weighted by molar-refractivity contribution is 7.10. The molecule has 0 fully saturated rings. The molecule has 0 saturated heterocycles. The van der Waals surface area contributed by atoms with Crippen LogP contribution in [0.5, 0.6) is 0 Å². The lowest BCUT2D eigenvalue weighted by atomic mass is 10.1. The summed E-state index contributed by atoms with van der Waals surface area (Å²) in [6.45, 7) is 4.26. The van der Waals surface area contributed by atoms with Gasteiger partial charge < -0.3 is 5.32 Å². The molecule has 0 aliphatic carbocycles. The summed E-state index contributed by atoms with van der Waals surface area (Å²) in [5.74, 6) is 0.338. The summed E-state index contributed by atoms with van der Waals surface area (Å²) in [6.07, 6.45) is 2.42. The van der Waals surface area contributed by atoms with E-state index in [0.29, 0.717) is 16.6 Å². The molecule has 0 spiro atoms. The normalized spacial score (nSPS) is 10.8. The minimum atomic E-state index is -0.206. The largest absolute Gasteiger partial charge is 0.310 e. The molecule has 0 aliphatic rings. The summed E-state index contributed by atoms with van der Waals surface area (Å²) in [5.41, 5.74) is 0.457. The van der Waals surface area contributed by atoms with Crippen LogP contribution in [0.3, 0.4) is 0 Å². The van der Waals surface area contributed by atoms with Gasteiger partial charge in [0.25, 0.3) is 5.91 Å². The zero-order valence-corrected chi connectivity index (χ0v) is 11.1. The van der Waals surface area contributed by atoms with Gasteiger partial charge in [0.1, 0.15) is 10.7 Å². The van der Waals surface area contributed by atoms with Gasteiger partial charge in [0, 0.05) is 23.3 Å². The first kappa shape index (κ1) is 12.1. The Balaban J connectivity index is 2.02. The predicted molar refractivity (Wildman–Crippen MR) is 68.5 cm³/mol. The van der Waals surface area contributed by atoms with Gasteiger partial charge in [-0.05, 0) is 5.92 Å². The highest BCUT2D eigenvalue weighted by atomic mass is 32.1. The average molecular weight is 268 g/mol. The van der Waals surface area contributed by atoms with Crippen LogP contribution in [0.4, 0.5) is 5.00 Å². The van der Waals surface area contributed by atoms with Gasteiger partial charge in [-0.3, -0.25) is 4.79 Å². The van der Waals surface area contributed by atoms with E-state index >= 15 is 0 Å². The summed E-state index contributed by atoms with van der Waals surface area (Å²) in [5, 5.41) is 9.76. The second-order valence-electron chi connectivity index (χ2n) is 3.96. The smallest absolute Gasteiger partial charge is 0.275 e. The number of hydrogen-bond donors (Lipinski definition) is 1. The zero-order chi connectivity index (χ0) is 12.3. The van der Waals surface area contributed by atoms with Gasteiger partial charge >= 0.3 is 0 Å². The highest BCUT2D eigenvalue weighted by Gasteiger charge is 2.12. The third kappa shape index (κ3) is 3.31. The molecule has 0 bridgehead atoms. The van der Waals surface area contributed by atoms with Crippen molar-refractivity contribution in [1.29, 1.82) is 0 Å². The number of thiazole rings is 1. The topological polar surface area (TPSA) is 67.8 Å². The molecule has 0 radical (unpaired) electrons. The summed E-state index contributed by atoms with van der Waals surface area (Å²) >= 11 is 2.66. The standard InChI is InChI=1S/C10H12N4OS2/c1-6(2)3-8-12-7(5-16-8)10(15)13-9-4-11-14-17-9/h4-6H,3H2,1-2H3,(H,13,15). The van der Waals surface area contributed by atoms with Crippen molar-refractivity contribution in [2.45, 2.75) is 20.3 Å². The van der Waals surface area contributed by atoms with Crippen molar-refractivity contribution in [3.63, 3.8) is 0 Å². The molecule has 1 amide bonds. The maximum atomic E-state index is 11.8. The Morgan fingerprint density at radius 3 is 3.00 bits per heavy atom. The Kier molecular flexibility index (Phi) is 3.80. The third-order valence-electron chi connectivity index (χ3n) is 1.97. The minimum Gasteiger partial charge on any atom is -0.310 e. The van der Waals surface area contributed by atoms with Crippen LogP contribution in [0.2, 0.25) is 0 Å². The fraction of sp³-hybridized carbons (Fsp3) is 0.400. The van der Waals surface area contributed by atoms with Crippen molar-refractivity contribution in [2.75, 3.05) is 5.32 Å². The van der Waals surface area contributed by atoms with E-state index in [9.17, 15) is 4.79 Å². The van der Waals surface area contributed by atoms with Crippen molar-refractivity contribution in [1.82, 2.24) is 14.6 Å². The first-order valence-corrected chi connectivity index (χ1v) is 6.83. The molecule has 2 heterocycles.